The summed E-state index contributed by atoms with van der Waals surface area (Å²) in [6, 6.07) is 9.70. The molecule has 4 nitrogen and oxygen atoms in total. The van der Waals surface area contributed by atoms with Crippen LogP contribution in [-0.2, 0) is 5.60 Å². The van der Waals surface area contributed by atoms with Crippen molar-refractivity contribution >= 4 is 5.91 Å². The Morgan fingerprint density at radius 1 is 1.18 bits per heavy atom. The average Bonchev–Trinajstić information content (AvgIpc) is 2.56. The number of benzene rings is 1. The summed E-state index contributed by atoms with van der Waals surface area (Å²) in [7, 11) is 0. The van der Waals surface area contributed by atoms with Crippen molar-refractivity contribution in [2.24, 2.45) is 0 Å². The van der Waals surface area contributed by atoms with Crippen molar-refractivity contribution in [3.8, 4) is 0 Å². The number of nitrogens with zero attached hydrogens (tertiary/aromatic N) is 2. The Bertz CT molecular complexity index is 667. The van der Waals surface area contributed by atoms with Crippen LogP contribution in [-0.4, -0.2) is 34.0 Å². The molecule has 2 aromatic rings. The normalized spacial score (nSPS) is 17.3. The molecular formula is C17H17FN2O2. The van der Waals surface area contributed by atoms with Crippen LogP contribution in [0, 0.1) is 5.82 Å². The van der Waals surface area contributed by atoms with Gasteiger partial charge in [0.2, 0.25) is 0 Å². The lowest BCUT2D eigenvalue weighted by molar-refractivity contribution is -0.0236. The number of rotatable bonds is 2. The molecule has 114 valence electrons. The van der Waals surface area contributed by atoms with Gasteiger partial charge in [0.1, 0.15) is 5.82 Å². The van der Waals surface area contributed by atoms with E-state index in [-0.39, 0.29) is 5.91 Å². The molecule has 0 spiro atoms. The van der Waals surface area contributed by atoms with Crippen LogP contribution in [0.3, 0.4) is 0 Å². The van der Waals surface area contributed by atoms with Crippen molar-refractivity contribution in [1.82, 2.24) is 9.88 Å². The summed E-state index contributed by atoms with van der Waals surface area (Å²) < 4.78 is 13.9. The molecule has 0 saturated carbocycles. The summed E-state index contributed by atoms with van der Waals surface area (Å²) in [5.41, 5.74) is -0.376. The van der Waals surface area contributed by atoms with Crippen molar-refractivity contribution in [2.75, 3.05) is 13.1 Å². The van der Waals surface area contributed by atoms with Gasteiger partial charge in [-0.15, -0.1) is 0 Å². The summed E-state index contributed by atoms with van der Waals surface area (Å²) in [5.74, 6) is -0.513. The highest BCUT2D eigenvalue weighted by Gasteiger charge is 2.37. The number of piperidine rings is 1. The minimum absolute atomic E-state index is 0.108. The predicted molar refractivity (Wildman–Crippen MR) is 79.7 cm³/mol. The molecule has 1 aliphatic rings. The fraction of sp³-hybridized carbons (Fsp3) is 0.294. The minimum Gasteiger partial charge on any atom is -0.385 e. The summed E-state index contributed by atoms with van der Waals surface area (Å²) in [4.78, 5) is 18.0. The Morgan fingerprint density at radius 3 is 2.55 bits per heavy atom. The Balaban J connectivity index is 1.73. The second kappa shape index (κ2) is 5.85. The first-order valence-electron chi connectivity index (χ1n) is 7.27. The number of carbonyl (C=O) groups excluding carboxylic acids is 1. The number of likely N-dealkylation sites (tertiary alicyclic amines) is 1. The lowest BCUT2D eigenvalue weighted by Crippen LogP contribution is -2.45. The van der Waals surface area contributed by atoms with Gasteiger partial charge >= 0.3 is 0 Å². The highest BCUT2D eigenvalue weighted by Crippen LogP contribution is 2.34. The zero-order chi connectivity index (χ0) is 15.6. The van der Waals surface area contributed by atoms with Gasteiger partial charge in [-0.2, -0.15) is 0 Å². The molecular weight excluding hydrogens is 283 g/mol. The predicted octanol–water partition coefficient (Wildman–Crippen LogP) is 2.34. The van der Waals surface area contributed by atoms with Gasteiger partial charge in [0.25, 0.3) is 5.91 Å². The van der Waals surface area contributed by atoms with Crippen molar-refractivity contribution in [2.45, 2.75) is 18.4 Å². The topological polar surface area (TPSA) is 53.4 Å². The van der Waals surface area contributed by atoms with Gasteiger partial charge in [0.05, 0.1) is 11.2 Å². The van der Waals surface area contributed by atoms with Crippen molar-refractivity contribution in [3.05, 3.63) is 65.7 Å². The molecule has 1 N–H and O–H groups in total. The molecule has 1 aromatic carbocycles. The molecule has 5 heteroatoms. The first-order valence-corrected chi connectivity index (χ1v) is 7.27. The molecule has 1 saturated heterocycles. The third-order valence-corrected chi connectivity index (χ3v) is 4.16. The zero-order valence-electron chi connectivity index (χ0n) is 12.1. The molecule has 0 aliphatic carbocycles. The molecule has 0 atom stereocenters. The Morgan fingerprint density at radius 2 is 1.91 bits per heavy atom. The standard InChI is InChI=1S/C17H17FN2O2/c18-15-6-2-1-5-14(15)17(22)7-10-20(11-8-17)16(21)13-4-3-9-19-12-13/h1-6,9,12,22H,7-8,10-11H2. The highest BCUT2D eigenvalue weighted by atomic mass is 19.1. The van der Waals surface area contributed by atoms with E-state index in [0.29, 0.717) is 37.1 Å². The summed E-state index contributed by atoms with van der Waals surface area (Å²) in [6.07, 6.45) is 3.78. The molecule has 0 radical (unpaired) electrons. The van der Waals surface area contributed by atoms with E-state index in [0.717, 1.165) is 0 Å². The van der Waals surface area contributed by atoms with Crippen molar-refractivity contribution in [1.29, 1.82) is 0 Å². The SMILES string of the molecule is O=C(c1cccnc1)N1CCC(O)(c2ccccc2F)CC1. The fourth-order valence-electron chi connectivity index (χ4n) is 2.86. The minimum atomic E-state index is -1.21. The van der Waals surface area contributed by atoms with Gasteiger partial charge in [-0.05, 0) is 31.0 Å². The van der Waals surface area contributed by atoms with Gasteiger partial charge in [-0.25, -0.2) is 4.39 Å². The van der Waals surface area contributed by atoms with E-state index in [1.807, 2.05) is 0 Å². The molecule has 1 aliphatic heterocycles. The first-order chi connectivity index (χ1) is 10.6. The molecule has 22 heavy (non-hydrogen) atoms. The number of halogens is 1. The van der Waals surface area contributed by atoms with Crippen LogP contribution in [0.1, 0.15) is 28.8 Å². The van der Waals surface area contributed by atoms with E-state index in [2.05, 4.69) is 4.98 Å². The molecule has 0 bridgehead atoms. The summed E-state index contributed by atoms with van der Waals surface area (Å²) >= 11 is 0. The van der Waals surface area contributed by atoms with Gasteiger partial charge in [0.15, 0.2) is 0 Å². The average molecular weight is 300 g/mol. The van der Waals surface area contributed by atoms with Crippen LogP contribution in [0.2, 0.25) is 0 Å². The monoisotopic (exact) mass is 300 g/mol. The molecule has 1 amide bonds. The van der Waals surface area contributed by atoms with E-state index in [1.165, 1.54) is 12.3 Å². The quantitative estimate of drug-likeness (QED) is 0.926. The number of aromatic nitrogens is 1. The van der Waals surface area contributed by atoms with E-state index < -0.39 is 11.4 Å². The Labute approximate surface area is 128 Å². The van der Waals surface area contributed by atoms with Crippen molar-refractivity contribution < 1.29 is 14.3 Å². The molecule has 3 rings (SSSR count). The molecule has 1 aromatic heterocycles. The summed E-state index contributed by atoms with van der Waals surface area (Å²) in [6.45, 7) is 0.775. The highest BCUT2D eigenvalue weighted by molar-refractivity contribution is 5.93. The van der Waals surface area contributed by atoms with Gasteiger partial charge in [0, 0.05) is 31.0 Å². The van der Waals surface area contributed by atoms with Crippen LogP contribution in [0.25, 0.3) is 0 Å². The maximum atomic E-state index is 13.9. The number of hydrogen-bond donors (Lipinski definition) is 1. The maximum absolute atomic E-state index is 13.9. The van der Waals surface area contributed by atoms with Gasteiger partial charge in [-0.1, -0.05) is 18.2 Å². The zero-order valence-corrected chi connectivity index (χ0v) is 12.1. The third-order valence-electron chi connectivity index (χ3n) is 4.16. The second-order valence-corrected chi connectivity index (χ2v) is 5.55. The largest absolute Gasteiger partial charge is 0.385 e. The first kappa shape index (κ1) is 14.7. The van der Waals surface area contributed by atoms with E-state index in [1.54, 1.807) is 41.4 Å². The molecule has 2 heterocycles. The van der Waals surface area contributed by atoms with Crippen molar-refractivity contribution in [3.63, 3.8) is 0 Å². The molecule has 1 fully saturated rings. The summed E-state index contributed by atoms with van der Waals surface area (Å²) in [5, 5.41) is 10.7. The molecule has 0 unspecified atom stereocenters. The van der Waals surface area contributed by atoms with E-state index >= 15 is 0 Å². The smallest absolute Gasteiger partial charge is 0.255 e. The number of amides is 1. The van der Waals surface area contributed by atoms with Crippen LogP contribution in [0.5, 0.6) is 0 Å². The Kier molecular flexibility index (Phi) is 3.90. The van der Waals surface area contributed by atoms with Crippen LogP contribution in [0.4, 0.5) is 4.39 Å². The van der Waals surface area contributed by atoms with Crippen LogP contribution >= 0.6 is 0 Å². The number of aliphatic hydroxyl groups is 1. The lowest BCUT2D eigenvalue weighted by Gasteiger charge is -2.38. The van der Waals surface area contributed by atoms with E-state index in [4.69, 9.17) is 0 Å². The lowest BCUT2D eigenvalue weighted by atomic mass is 9.84. The Hall–Kier alpha value is -2.27. The van der Waals surface area contributed by atoms with Gasteiger partial charge in [-0.3, -0.25) is 9.78 Å². The number of hydrogen-bond acceptors (Lipinski definition) is 3. The fourth-order valence-corrected chi connectivity index (χ4v) is 2.86. The maximum Gasteiger partial charge on any atom is 0.255 e. The van der Waals surface area contributed by atoms with Gasteiger partial charge < -0.3 is 10.0 Å². The third kappa shape index (κ3) is 2.72. The second-order valence-electron chi connectivity index (χ2n) is 5.55. The van der Waals surface area contributed by atoms with E-state index in [9.17, 15) is 14.3 Å². The van der Waals surface area contributed by atoms with Crippen LogP contribution in [0.15, 0.2) is 48.8 Å². The number of carbonyl (C=O) groups is 1. The van der Waals surface area contributed by atoms with Crippen LogP contribution < -0.4 is 0 Å². The number of pyridine rings is 1.